The SMILES string of the molecule is Cc1ccc2[nH]nc(C(=O)NCc3ccc(Oc4ccc(F)cc4)nc3)c2c1. The third kappa shape index (κ3) is 3.83. The third-order valence-electron chi connectivity index (χ3n) is 4.22. The van der Waals surface area contributed by atoms with Gasteiger partial charge in [-0.1, -0.05) is 17.7 Å². The van der Waals surface area contributed by atoms with E-state index in [4.69, 9.17) is 4.74 Å². The van der Waals surface area contributed by atoms with Gasteiger partial charge in [0.15, 0.2) is 5.69 Å². The number of carbonyl (C=O) groups excluding carboxylic acids is 1. The summed E-state index contributed by atoms with van der Waals surface area (Å²) in [4.78, 5) is 16.7. The highest BCUT2D eigenvalue weighted by Gasteiger charge is 2.14. The summed E-state index contributed by atoms with van der Waals surface area (Å²) < 4.78 is 18.5. The molecule has 0 spiro atoms. The van der Waals surface area contributed by atoms with Crippen molar-refractivity contribution in [3.8, 4) is 11.6 Å². The highest BCUT2D eigenvalue weighted by molar-refractivity contribution is 6.04. The van der Waals surface area contributed by atoms with Crippen molar-refractivity contribution in [2.75, 3.05) is 0 Å². The molecular formula is C21H17FN4O2. The fourth-order valence-electron chi connectivity index (χ4n) is 2.77. The van der Waals surface area contributed by atoms with E-state index >= 15 is 0 Å². The Morgan fingerprint density at radius 3 is 2.71 bits per heavy atom. The fourth-order valence-corrected chi connectivity index (χ4v) is 2.77. The molecule has 0 bridgehead atoms. The van der Waals surface area contributed by atoms with Crippen molar-refractivity contribution in [2.24, 2.45) is 0 Å². The maximum atomic E-state index is 12.9. The van der Waals surface area contributed by atoms with Gasteiger partial charge in [0, 0.05) is 24.2 Å². The molecule has 0 unspecified atom stereocenters. The molecule has 2 N–H and O–H groups in total. The summed E-state index contributed by atoms with van der Waals surface area (Å²) in [5, 5.41) is 10.6. The molecule has 7 heteroatoms. The summed E-state index contributed by atoms with van der Waals surface area (Å²) in [6.45, 7) is 2.28. The standard InChI is InChI=1S/C21H17FN4O2/c1-13-2-8-18-17(10-13)20(26-25-18)21(27)24-12-14-3-9-19(23-11-14)28-16-6-4-15(22)5-7-16/h2-11H,12H2,1H3,(H,24,27)(H,25,26). The second-order valence-electron chi connectivity index (χ2n) is 6.36. The molecule has 4 rings (SSSR count). The normalized spacial score (nSPS) is 10.8. The van der Waals surface area contributed by atoms with Gasteiger partial charge in [-0.2, -0.15) is 5.10 Å². The monoisotopic (exact) mass is 376 g/mol. The summed E-state index contributed by atoms with van der Waals surface area (Å²) in [5.41, 5.74) is 3.06. The molecular weight excluding hydrogens is 359 g/mol. The minimum Gasteiger partial charge on any atom is -0.439 e. The number of ether oxygens (including phenoxy) is 1. The smallest absolute Gasteiger partial charge is 0.272 e. The van der Waals surface area contributed by atoms with Gasteiger partial charge >= 0.3 is 0 Å². The number of halogens is 1. The van der Waals surface area contributed by atoms with Crippen LogP contribution in [0.1, 0.15) is 21.6 Å². The lowest BCUT2D eigenvalue weighted by Gasteiger charge is -2.07. The first-order valence-electron chi connectivity index (χ1n) is 8.70. The Balaban J connectivity index is 1.39. The largest absolute Gasteiger partial charge is 0.439 e. The van der Waals surface area contributed by atoms with Gasteiger partial charge in [-0.15, -0.1) is 0 Å². The van der Waals surface area contributed by atoms with Crippen molar-refractivity contribution >= 4 is 16.8 Å². The number of hydrogen-bond donors (Lipinski definition) is 2. The van der Waals surface area contributed by atoms with Gasteiger partial charge in [-0.3, -0.25) is 9.89 Å². The van der Waals surface area contributed by atoms with E-state index in [-0.39, 0.29) is 11.7 Å². The zero-order valence-corrected chi connectivity index (χ0v) is 15.1. The fraction of sp³-hybridized carbons (Fsp3) is 0.0952. The van der Waals surface area contributed by atoms with Crippen molar-refractivity contribution in [1.82, 2.24) is 20.5 Å². The van der Waals surface area contributed by atoms with Gasteiger partial charge in [0.05, 0.1) is 5.52 Å². The van der Waals surface area contributed by atoms with Crippen LogP contribution >= 0.6 is 0 Å². The van der Waals surface area contributed by atoms with E-state index in [1.807, 2.05) is 25.1 Å². The summed E-state index contributed by atoms with van der Waals surface area (Å²) >= 11 is 0. The van der Waals surface area contributed by atoms with E-state index in [0.717, 1.165) is 22.0 Å². The average molecular weight is 376 g/mol. The van der Waals surface area contributed by atoms with Crippen LogP contribution in [0, 0.1) is 12.7 Å². The number of pyridine rings is 1. The lowest BCUT2D eigenvalue weighted by atomic mass is 10.1. The van der Waals surface area contributed by atoms with Crippen LogP contribution in [0.25, 0.3) is 10.9 Å². The minimum absolute atomic E-state index is 0.261. The number of benzene rings is 2. The molecule has 0 aliphatic carbocycles. The van der Waals surface area contributed by atoms with Crippen molar-refractivity contribution in [1.29, 1.82) is 0 Å². The average Bonchev–Trinajstić information content (AvgIpc) is 3.12. The molecule has 0 fully saturated rings. The van der Waals surface area contributed by atoms with E-state index in [9.17, 15) is 9.18 Å². The summed E-state index contributed by atoms with van der Waals surface area (Å²) in [6, 6.07) is 15.0. The molecule has 0 saturated heterocycles. The van der Waals surface area contributed by atoms with Crippen molar-refractivity contribution < 1.29 is 13.9 Å². The zero-order valence-electron chi connectivity index (χ0n) is 15.1. The molecule has 1 amide bonds. The number of nitrogens with one attached hydrogen (secondary N) is 2. The molecule has 0 aliphatic heterocycles. The quantitative estimate of drug-likeness (QED) is 0.549. The van der Waals surface area contributed by atoms with E-state index in [1.165, 1.54) is 24.3 Å². The number of aryl methyl sites for hydroxylation is 1. The van der Waals surface area contributed by atoms with Crippen LogP contribution in [0.15, 0.2) is 60.8 Å². The number of rotatable bonds is 5. The van der Waals surface area contributed by atoms with Gasteiger partial charge in [0.1, 0.15) is 11.6 Å². The number of nitrogens with zero attached hydrogens (tertiary/aromatic N) is 2. The Kier molecular flexibility index (Phi) is 4.72. The van der Waals surface area contributed by atoms with Crippen LogP contribution < -0.4 is 10.1 Å². The maximum Gasteiger partial charge on any atom is 0.272 e. The topological polar surface area (TPSA) is 79.9 Å². The summed E-state index contributed by atoms with van der Waals surface area (Å²) in [6.07, 6.45) is 1.62. The molecule has 6 nitrogen and oxygen atoms in total. The van der Waals surface area contributed by atoms with Crippen LogP contribution in [0.2, 0.25) is 0 Å². The predicted molar refractivity (Wildman–Crippen MR) is 103 cm³/mol. The van der Waals surface area contributed by atoms with E-state index in [0.29, 0.717) is 23.9 Å². The molecule has 28 heavy (non-hydrogen) atoms. The van der Waals surface area contributed by atoms with E-state index < -0.39 is 0 Å². The van der Waals surface area contributed by atoms with Gasteiger partial charge in [0.2, 0.25) is 5.88 Å². The predicted octanol–water partition coefficient (Wildman–Crippen LogP) is 4.13. The molecule has 140 valence electrons. The molecule has 0 radical (unpaired) electrons. The molecule has 4 aromatic rings. The van der Waals surface area contributed by atoms with Gasteiger partial charge in [0.25, 0.3) is 5.91 Å². The number of H-pyrrole nitrogens is 1. The van der Waals surface area contributed by atoms with Crippen molar-refractivity contribution in [3.63, 3.8) is 0 Å². The van der Waals surface area contributed by atoms with E-state index in [2.05, 4.69) is 20.5 Å². The first-order valence-corrected chi connectivity index (χ1v) is 8.70. The summed E-state index contributed by atoms with van der Waals surface area (Å²) in [7, 11) is 0. The van der Waals surface area contributed by atoms with Crippen molar-refractivity contribution in [3.05, 3.63) is 83.4 Å². The lowest BCUT2D eigenvalue weighted by molar-refractivity contribution is 0.0947. The molecule has 2 aromatic heterocycles. The Morgan fingerprint density at radius 2 is 1.96 bits per heavy atom. The minimum atomic E-state index is -0.328. The van der Waals surface area contributed by atoms with Gasteiger partial charge < -0.3 is 10.1 Å². The first kappa shape index (κ1) is 17.7. The number of fused-ring (bicyclic) bond motifs is 1. The Bertz CT molecular complexity index is 1120. The van der Waals surface area contributed by atoms with E-state index in [1.54, 1.807) is 18.3 Å². The molecule has 0 atom stereocenters. The van der Waals surface area contributed by atoms with Crippen LogP contribution in [0.5, 0.6) is 11.6 Å². The molecule has 2 heterocycles. The van der Waals surface area contributed by atoms with Crippen LogP contribution in [0.3, 0.4) is 0 Å². The number of carbonyl (C=O) groups is 1. The zero-order chi connectivity index (χ0) is 19.5. The summed E-state index contributed by atoms with van der Waals surface area (Å²) in [5.74, 6) is 0.292. The second kappa shape index (κ2) is 7.48. The van der Waals surface area contributed by atoms with Crippen LogP contribution in [-0.4, -0.2) is 21.1 Å². The Hall–Kier alpha value is -3.74. The maximum absolute atomic E-state index is 12.9. The van der Waals surface area contributed by atoms with Gasteiger partial charge in [-0.25, -0.2) is 9.37 Å². The second-order valence-corrected chi connectivity index (χ2v) is 6.36. The lowest BCUT2D eigenvalue weighted by Crippen LogP contribution is -2.23. The van der Waals surface area contributed by atoms with Crippen LogP contribution in [-0.2, 0) is 6.54 Å². The number of amides is 1. The van der Waals surface area contributed by atoms with Crippen LogP contribution in [0.4, 0.5) is 4.39 Å². The van der Waals surface area contributed by atoms with Crippen molar-refractivity contribution in [2.45, 2.75) is 13.5 Å². The third-order valence-corrected chi connectivity index (χ3v) is 4.22. The first-order chi connectivity index (χ1) is 13.6. The number of hydrogen-bond acceptors (Lipinski definition) is 4. The highest BCUT2D eigenvalue weighted by Crippen LogP contribution is 2.20. The van der Waals surface area contributed by atoms with Gasteiger partial charge in [-0.05, 0) is 48.9 Å². The molecule has 0 aliphatic rings. The number of aromatic amines is 1. The molecule has 2 aromatic carbocycles. The number of aromatic nitrogens is 3. The Morgan fingerprint density at radius 1 is 1.14 bits per heavy atom. The highest BCUT2D eigenvalue weighted by atomic mass is 19.1. The molecule has 0 saturated carbocycles. The Labute approximate surface area is 160 Å².